The predicted molar refractivity (Wildman–Crippen MR) is 137 cm³/mol. The first-order chi connectivity index (χ1) is 19.7. The van der Waals surface area contributed by atoms with Gasteiger partial charge in [-0.05, 0) is 53.6 Å². The lowest BCUT2D eigenvalue weighted by Crippen LogP contribution is -2.49. The Morgan fingerprint density at radius 1 is 0.881 bits per heavy atom. The van der Waals surface area contributed by atoms with Crippen molar-refractivity contribution in [3.8, 4) is 5.75 Å². The highest BCUT2D eigenvalue weighted by Crippen LogP contribution is 2.37. The Hall–Kier alpha value is -4.19. The van der Waals surface area contributed by atoms with Crippen molar-refractivity contribution in [3.63, 3.8) is 0 Å². The number of hydrogen-bond donors (Lipinski definition) is 1. The van der Waals surface area contributed by atoms with E-state index in [-0.39, 0.29) is 22.7 Å². The lowest BCUT2D eigenvalue weighted by molar-refractivity contribution is -0.153. The molecule has 0 bridgehead atoms. The summed E-state index contributed by atoms with van der Waals surface area (Å²) in [6.07, 6.45) is -8.88. The topological polar surface area (TPSA) is 51.2 Å². The smallest absolute Gasteiger partial charge is 0.422 e. The number of pyridine rings is 1. The van der Waals surface area contributed by atoms with E-state index in [1.165, 1.54) is 18.3 Å². The van der Waals surface area contributed by atoms with Crippen LogP contribution in [0.5, 0.6) is 5.75 Å². The van der Waals surface area contributed by atoms with Crippen molar-refractivity contribution in [3.05, 3.63) is 130 Å². The number of benzene rings is 3. The third kappa shape index (κ3) is 7.35. The number of ether oxygens (including phenoxy) is 1. The van der Waals surface area contributed by atoms with Gasteiger partial charge in [0.1, 0.15) is 22.9 Å². The summed E-state index contributed by atoms with van der Waals surface area (Å²) in [6, 6.07) is 15.3. The first-order valence-corrected chi connectivity index (χ1v) is 12.4. The molecule has 1 heterocycles. The van der Waals surface area contributed by atoms with E-state index in [1.54, 1.807) is 30.3 Å². The van der Waals surface area contributed by atoms with E-state index in [4.69, 9.17) is 16.3 Å². The summed E-state index contributed by atoms with van der Waals surface area (Å²) < 4.78 is 112. The van der Waals surface area contributed by atoms with Gasteiger partial charge in [0, 0.05) is 24.2 Å². The first kappa shape index (κ1) is 30.8. The van der Waals surface area contributed by atoms with Crippen LogP contribution in [-0.4, -0.2) is 23.7 Å². The maximum atomic E-state index is 14.9. The van der Waals surface area contributed by atoms with Gasteiger partial charge in [0.15, 0.2) is 6.61 Å². The van der Waals surface area contributed by atoms with Crippen molar-refractivity contribution in [2.24, 2.45) is 0 Å². The van der Waals surface area contributed by atoms with E-state index in [1.807, 2.05) is 0 Å². The highest BCUT2D eigenvalue weighted by atomic mass is 35.5. The summed E-state index contributed by atoms with van der Waals surface area (Å²) in [5.41, 5.74) is -3.82. The van der Waals surface area contributed by atoms with Gasteiger partial charge in [-0.2, -0.15) is 26.3 Å². The molecule has 0 aliphatic rings. The number of amides is 1. The van der Waals surface area contributed by atoms with Crippen LogP contribution in [0.1, 0.15) is 32.7 Å². The van der Waals surface area contributed by atoms with Gasteiger partial charge in [-0.15, -0.1) is 0 Å². The van der Waals surface area contributed by atoms with Gasteiger partial charge in [-0.3, -0.25) is 9.78 Å². The lowest BCUT2D eigenvalue weighted by atomic mass is 9.80. The molecule has 4 aromatic rings. The van der Waals surface area contributed by atoms with E-state index in [0.29, 0.717) is 23.8 Å². The maximum Gasteiger partial charge on any atom is 0.422 e. The van der Waals surface area contributed by atoms with Gasteiger partial charge in [-0.25, -0.2) is 8.78 Å². The van der Waals surface area contributed by atoms with Crippen molar-refractivity contribution >= 4 is 17.5 Å². The molecule has 0 saturated carbocycles. The van der Waals surface area contributed by atoms with E-state index >= 15 is 0 Å². The fraction of sp³-hybridized carbons (Fsp3) is 0.172. The quantitative estimate of drug-likeness (QED) is 0.205. The Kier molecular flexibility index (Phi) is 8.76. The number of alkyl halides is 6. The van der Waals surface area contributed by atoms with Crippen LogP contribution in [0.4, 0.5) is 35.1 Å². The summed E-state index contributed by atoms with van der Waals surface area (Å²) >= 11 is 6.00. The largest absolute Gasteiger partial charge is 0.484 e. The van der Waals surface area contributed by atoms with Crippen molar-refractivity contribution in [2.75, 3.05) is 6.61 Å². The summed E-state index contributed by atoms with van der Waals surface area (Å²) in [6.45, 7) is -1.75. The Morgan fingerprint density at radius 3 is 2.21 bits per heavy atom. The second-order valence-electron chi connectivity index (χ2n) is 9.16. The van der Waals surface area contributed by atoms with Crippen LogP contribution >= 0.6 is 11.6 Å². The Morgan fingerprint density at radius 2 is 1.60 bits per heavy atom. The highest BCUT2D eigenvalue weighted by Gasteiger charge is 2.40. The van der Waals surface area contributed by atoms with Crippen LogP contribution < -0.4 is 10.1 Å². The minimum atomic E-state index is -5.12. The number of aromatic nitrogens is 1. The van der Waals surface area contributed by atoms with Crippen LogP contribution in [0.25, 0.3) is 0 Å². The van der Waals surface area contributed by atoms with Crippen LogP contribution in [0.3, 0.4) is 0 Å². The predicted octanol–water partition coefficient (Wildman–Crippen LogP) is 7.89. The van der Waals surface area contributed by atoms with Crippen molar-refractivity contribution < 1.29 is 44.7 Å². The number of halogens is 9. The molecular formula is C29H19ClF8N2O2. The third-order valence-electron chi connectivity index (χ3n) is 6.10. The average molecular weight is 615 g/mol. The van der Waals surface area contributed by atoms with Gasteiger partial charge < -0.3 is 10.1 Å². The third-order valence-corrected chi connectivity index (χ3v) is 6.33. The minimum absolute atomic E-state index is 0.00892. The number of rotatable bonds is 8. The fourth-order valence-corrected chi connectivity index (χ4v) is 4.37. The van der Waals surface area contributed by atoms with Crippen molar-refractivity contribution in [2.45, 2.75) is 24.3 Å². The van der Waals surface area contributed by atoms with Crippen LogP contribution in [0.2, 0.25) is 5.02 Å². The van der Waals surface area contributed by atoms with Gasteiger partial charge in [0.05, 0.1) is 16.3 Å². The second-order valence-corrected chi connectivity index (χ2v) is 9.59. The van der Waals surface area contributed by atoms with Gasteiger partial charge in [-0.1, -0.05) is 41.9 Å². The van der Waals surface area contributed by atoms with Crippen LogP contribution in [-0.2, 0) is 18.1 Å². The zero-order valence-corrected chi connectivity index (χ0v) is 21.9. The zero-order chi connectivity index (χ0) is 30.7. The first-order valence-electron chi connectivity index (χ1n) is 12.0. The molecular weight excluding hydrogens is 596 g/mol. The molecule has 0 aliphatic heterocycles. The second kappa shape index (κ2) is 12.0. The molecule has 1 N–H and O–H groups in total. The standard InChI is InChI=1S/C29H19ClF8N2O2/c30-20-7-9-25(39-15-20)27(14-17-4-2-1-3-5-17,19-11-21(31)13-22(12-19)42-16-28(33,34)35)40-26(41)18-6-8-24(32)23(10-18)29(36,37)38/h1-13,15H,14,16H2,(H,40,41). The van der Waals surface area contributed by atoms with Gasteiger partial charge in [0.2, 0.25) is 0 Å². The molecule has 1 atom stereocenters. The normalized spacial score (nSPS) is 13.4. The van der Waals surface area contributed by atoms with Gasteiger partial charge >= 0.3 is 12.4 Å². The molecule has 4 rings (SSSR count). The van der Waals surface area contributed by atoms with Crippen LogP contribution in [0, 0.1) is 11.6 Å². The molecule has 13 heteroatoms. The highest BCUT2D eigenvalue weighted by molar-refractivity contribution is 6.30. The number of carbonyl (C=O) groups excluding carboxylic acids is 1. The lowest BCUT2D eigenvalue weighted by Gasteiger charge is -2.36. The average Bonchev–Trinajstić information content (AvgIpc) is 2.91. The number of hydrogen-bond acceptors (Lipinski definition) is 3. The molecule has 0 radical (unpaired) electrons. The Bertz CT molecular complexity index is 1560. The van der Waals surface area contributed by atoms with E-state index in [9.17, 15) is 39.9 Å². The minimum Gasteiger partial charge on any atom is -0.484 e. The molecule has 4 nitrogen and oxygen atoms in total. The summed E-state index contributed by atoms with van der Waals surface area (Å²) in [5, 5.41) is 2.76. The molecule has 220 valence electrons. The zero-order valence-electron chi connectivity index (χ0n) is 21.2. The summed E-state index contributed by atoms with van der Waals surface area (Å²) in [4.78, 5) is 17.8. The SMILES string of the molecule is O=C(NC(Cc1ccccc1)(c1cc(F)cc(OCC(F)(F)F)c1)c1ccc(Cl)cn1)c1ccc(F)c(C(F)(F)F)c1. The van der Waals surface area contributed by atoms with Gasteiger partial charge in [0.25, 0.3) is 5.91 Å². The summed E-state index contributed by atoms with van der Waals surface area (Å²) in [7, 11) is 0. The van der Waals surface area contributed by atoms with E-state index in [2.05, 4.69) is 10.3 Å². The number of nitrogens with zero attached hydrogens (tertiary/aromatic N) is 1. The molecule has 0 spiro atoms. The molecule has 42 heavy (non-hydrogen) atoms. The van der Waals surface area contributed by atoms with E-state index in [0.717, 1.165) is 18.2 Å². The number of carbonyl (C=O) groups is 1. The molecule has 0 aliphatic carbocycles. The molecule has 1 unspecified atom stereocenters. The summed E-state index contributed by atoms with van der Waals surface area (Å²) in [5.74, 6) is -4.32. The van der Waals surface area contributed by atoms with Crippen molar-refractivity contribution in [1.29, 1.82) is 0 Å². The molecule has 3 aromatic carbocycles. The molecule has 1 aromatic heterocycles. The Balaban J connectivity index is 1.93. The fourth-order valence-electron chi connectivity index (χ4n) is 4.26. The molecule has 1 amide bonds. The molecule has 0 fully saturated rings. The Labute approximate surface area is 238 Å². The van der Waals surface area contributed by atoms with Crippen LogP contribution in [0.15, 0.2) is 85.1 Å². The number of nitrogens with one attached hydrogen (secondary N) is 1. The van der Waals surface area contributed by atoms with E-state index < -0.39 is 58.9 Å². The molecule has 0 saturated heterocycles. The monoisotopic (exact) mass is 614 g/mol. The maximum absolute atomic E-state index is 14.9. The van der Waals surface area contributed by atoms with Crippen molar-refractivity contribution in [1.82, 2.24) is 10.3 Å².